The number of anilines is 1. The largest absolute Gasteiger partial charge is 0.321 e. The van der Waals surface area contributed by atoms with Crippen LogP contribution in [0.25, 0.3) is 10.2 Å². The van der Waals surface area contributed by atoms with E-state index in [0.29, 0.717) is 4.88 Å². The lowest BCUT2D eigenvalue weighted by Crippen LogP contribution is -2.10. The van der Waals surface area contributed by atoms with E-state index in [0.717, 1.165) is 27.2 Å². The molecule has 0 saturated heterocycles. The molecule has 0 spiro atoms. The number of fused-ring (bicyclic) bond motifs is 1. The Morgan fingerprint density at radius 2 is 2.10 bits per heavy atom. The normalized spacial score (nSPS) is 10.9. The molecule has 0 bridgehead atoms. The summed E-state index contributed by atoms with van der Waals surface area (Å²) in [7, 11) is 1.90. The highest BCUT2D eigenvalue weighted by Gasteiger charge is 2.15. The van der Waals surface area contributed by atoms with Crippen molar-refractivity contribution in [3.8, 4) is 0 Å². The molecule has 2 heterocycles. The summed E-state index contributed by atoms with van der Waals surface area (Å²) in [4.78, 5) is 14.0. The molecule has 0 aliphatic heterocycles. The second-order valence-electron chi connectivity index (χ2n) is 4.86. The van der Waals surface area contributed by atoms with E-state index in [1.54, 1.807) is 0 Å². The molecule has 3 rings (SSSR count). The lowest BCUT2D eigenvalue weighted by Gasteiger charge is -2.04. The van der Waals surface area contributed by atoms with Gasteiger partial charge in [0.25, 0.3) is 5.91 Å². The maximum Gasteiger partial charge on any atom is 0.265 e. The zero-order chi connectivity index (χ0) is 14.3. The van der Waals surface area contributed by atoms with Crippen LogP contribution in [0.5, 0.6) is 0 Å². The van der Waals surface area contributed by atoms with Crippen LogP contribution in [0.4, 0.5) is 5.69 Å². The fourth-order valence-corrected chi connectivity index (χ4v) is 3.25. The molecule has 0 atom stereocenters. The van der Waals surface area contributed by atoms with Crippen LogP contribution in [-0.4, -0.2) is 15.7 Å². The number of nitrogens with zero attached hydrogens (tertiary/aromatic N) is 2. The van der Waals surface area contributed by atoms with Crippen molar-refractivity contribution in [1.82, 2.24) is 9.78 Å². The third-order valence-electron chi connectivity index (χ3n) is 3.20. The van der Waals surface area contributed by atoms with Crippen LogP contribution < -0.4 is 5.32 Å². The number of carbonyl (C=O) groups is 1. The number of rotatable bonds is 2. The van der Waals surface area contributed by atoms with Crippen molar-refractivity contribution in [2.75, 3.05) is 5.32 Å². The zero-order valence-corrected chi connectivity index (χ0v) is 12.4. The predicted octanol–water partition coefficient (Wildman–Crippen LogP) is 3.50. The molecule has 5 heteroatoms. The SMILES string of the molecule is Cc1cccc(NC(=O)c2cc3c(C)nn(C)c3s2)c1. The van der Waals surface area contributed by atoms with Gasteiger partial charge in [-0.3, -0.25) is 9.48 Å². The minimum atomic E-state index is -0.0730. The Hall–Kier alpha value is -2.14. The van der Waals surface area contributed by atoms with Crippen LogP contribution in [0, 0.1) is 13.8 Å². The van der Waals surface area contributed by atoms with Crippen molar-refractivity contribution in [2.24, 2.45) is 7.05 Å². The van der Waals surface area contributed by atoms with Crippen LogP contribution in [-0.2, 0) is 7.05 Å². The number of carbonyl (C=O) groups excluding carboxylic acids is 1. The minimum absolute atomic E-state index is 0.0730. The van der Waals surface area contributed by atoms with E-state index in [-0.39, 0.29) is 5.91 Å². The molecule has 0 aliphatic carbocycles. The summed E-state index contributed by atoms with van der Waals surface area (Å²) in [5.41, 5.74) is 2.90. The third-order valence-corrected chi connectivity index (χ3v) is 4.40. The quantitative estimate of drug-likeness (QED) is 0.783. The number of amides is 1. The van der Waals surface area contributed by atoms with Crippen molar-refractivity contribution >= 4 is 33.1 Å². The first kappa shape index (κ1) is 12.9. The molecule has 1 aromatic carbocycles. The van der Waals surface area contributed by atoms with Crippen molar-refractivity contribution in [1.29, 1.82) is 0 Å². The first-order chi connectivity index (χ1) is 9.54. The molecule has 1 amide bonds. The minimum Gasteiger partial charge on any atom is -0.321 e. The molecule has 1 N–H and O–H groups in total. The van der Waals surface area contributed by atoms with Gasteiger partial charge in [-0.25, -0.2) is 0 Å². The van der Waals surface area contributed by atoms with E-state index in [4.69, 9.17) is 0 Å². The molecule has 0 saturated carbocycles. The first-order valence-corrected chi connectivity index (χ1v) is 7.17. The van der Waals surface area contributed by atoms with E-state index >= 15 is 0 Å². The molecular weight excluding hydrogens is 270 g/mol. The van der Waals surface area contributed by atoms with Gasteiger partial charge in [-0.15, -0.1) is 11.3 Å². The molecule has 102 valence electrons. The maximum absolute atomic E-state index is 12.3. The summed E-state index contributed by atoms with van der Waals surface area (Å²) in [6.07, 6.45) is 0. The monoisotopic (exact) mass is 285 g/mol. The molecular formula is C15H15N3OS. The lowest BCUT2D eigenvalue weighted by atomic mass is 10.2. The first-order valence-electron chi connectivity index (χ1n) is 6.36. The van der Waals surface area contributed by atoms with Gasteiger partial charge in [-0.1, -0.05) is 12.1 Å². The number of aryl methyl sites for hydroxylation is 3. The van der Waals surface area contributed by atoms with Gasteiger partial charge >= 0.3 is 0 Å². The van der Waals surface area contributed by atoms with Gasteiger partial charge in [0, 0.05) is 18.1 Å². The highest BCUT2D eigenvalue weighted by atomic mass is 32.1. The zero-order valence-electron chi connectivity index (χ0n) is 11.6. The maximum atomic E-state index is 12.3. The van der Waals surface area contributed by atoms with Crippen LogP contribution >= 0.6 is 11.3 Å². The van der Waals surface area contributed by atoms with Gasteiger partial charge in [-0.2, -0.15) is 5.10 Å². The lowest BCUT2D eigenvalue weighted by molar-refractivity contribution is 0.103. The Morgan fingerprint density at radius 1 is 1.30 bits per heavy atom. The summed E-state index contributed by atoms with van der Waals surface area (Å²) in [6.45, 7) is 3.96. The Labute approximate surface area is 121 Å². The average molecular weight is 285 g/mol. The molecule has 0 fully saturated rings. The summed E-state index contributed by atoms with van der Waals surface area (Å²) >= 11 is 1.46. The van der Waals surface area contributed by atoms with Gasteiger partial charge in [-0.05, 0) is 37.6 Å². The van der Waals surface area contributed by atoms with Gasteiger partial charge in [0.15, 0.2) is 0 Å². The average Bonchev–Trinajstić information content (AvgIpc) is 2.92. The number of nitrogens with one attached hydrogen (secondary N) is 1. The summed E-state index contributed by atoms with van der Waals surface area (Å²) < 4.78 is 1.82. The number of aromatic nitrogens is 2. The van der Waals surface area contributed by atoms with Gasteiger partial charge in [0.2, 0.25) is 0 Å². The van der Waals surface area contributed by atoms with E-state index in [1.807, 2.05) is 55.9 Å². The third kappa shape index (κ3) is 2.20. The predicted molar refractivity (Wildman–Crippen MR) is 82.5 cm³/mol. The number of hydrogen-bond acceptors (Lipinski definition) is 3. The molecule has 3 aromatic rings. The Morgan fingerprint density at radius 3 is 2.80 bits per heavy atom. The van der Waals surface area contributed by atoms with E-state index in [9.17, 15) is 4.79 Å². The highest BCUT2D eigenvalue weighted by molar-refractivity contribution is 7.20. The van der Waals surface area contributed by atoms with Gasteiger partial charge in [0.05, 0.1) is 10.6 Å². The van der Waals surface area contributed by atoms with Crippen molar-refractivity contribution in [3.63, 3.8) is 0 Å². The summed E-state index contributed by atoms with van der Waals surface area (Å²) in [6, 6.07) is 9.70. The molecule has 0 radical (unpaired) electrons. The fraction of sp³-hybridized carbons (Fsp3) is 0.200. The molecule has 0 unspecified atom stereocenters. The fourth-order valence-electron chi connectivity index (χ4n) is 2.23. The number of hydrogen-bond donors (Lipinski definition) is 1. The Bertz CT molecular complexity index is 766. The second-order valence-corrected chi connectivity index (χ2v) is 5.89. The Balaban J connectivity index is 1.91. The van der Waals surface area contributed by atoms with Crippen LogP contribution in [0.3, 0.4) is 0 Å². The van der Waals surface area contributed by atoms with Crippen LogP contribution in [0.1, 0.15) is 20.9 Å². The Kier molecular flexibility index (Phi) is 3.06. The van der Waals surface area contributed by atoms with E-state index in [2.05, 4.69) is 10.4 Å². The van der Waals surface area contributed by atoms with Gasteiger partial charge in [0.1, 0.15) is 4.83 Å². The van der Waals surface area contributed by atoms with Crippen molar-refractivity contribution in [2.45, 2.75) is 13.8 Å². The standard InChI is InChI=1S/C15H15N3OS/c1-9-5-4-6-11(7-9)16-14(19)13-8-12-10(2)17-18(3)15(12)20-13/h4-8H,1-3H3,(H,16,19). The van der Waals surface area contributed by atoms with Gasteiger partial charge < -0.3 is 5.32 Å². The van der Waals surface area contributed by atoms with Crippen molar-refractivity contribution < 1.29 is 4.79 Å². The highest BCUT2D eigenvalue weighted by Crippen LogP contribution is 2.28. The van der Waals surface area contributed by atoms with Crippen molar-refractivity contribution in [3.05, 3.63) is 46.5 Å². The molecule has 4 nitrogen and oxygen atoms in total. The molecule has 20 heavy (non-hydrogen) atoms. The van der Waals surface area contributed by atoms with Crippen LogP contribution in [0.2, 0.25) is 0 Å². The number of benzene rings is 1. The molecule has 2 aromatic heterocycles. The topological polar surface area (TPSA) is 46.9 Å². The number of thiophene rings is 1. The summed E-state index contributed by atoms with van der Waals surface area (Å²) in [5.74, 6) is -0.0730. The van der Waals surface area contributed by atoms with Crippen LogP contribution in [0.15, 0.2) is 30.3 Å². The molecule has 0 aliphatic rings. The van der Waals surface area contributed by atoms with E-state index < -0.39 is 0 Å². The smallest absolute Gasteiger partial charge is 0.265 e. The summed E-state index contributed by atoms with van der Waals surface area (Å²) in [5, 5.41) is 8.32. The van der Waals surface area contributed by atoms with E-state index in [1.165, 1.54) is 11.3 Å². The second kappa shape index (κ2) is 4.76.